The van der Waals surface area contributed by atoms with Crippen LogP contribution in [-0.2, 0) is 19.1 Å². The third kappa shape index (κ3) is 5.27. The highest BCUT2D eigenvalue weighted by atomic mass is 16.5. The molecule has 0 aliphatic carbocycles. The van der Waals surface area contributed by atoms with E-state index in [1.807, 2.05) is 32.0 Å². The van der Waals surface area contributed by atoms with Crippen LogP contribution < -0.4 is 5.32 Å². The molecule has 7 heteroatoms. The number of benzene rings is 1. The van der Waals surface area contributed by atoms with Crippen molar-refractivity contribution in [1.82, 2.24) is 10.3 Å². The first-order chi connectivity index (χ1) is 12.4. The van der Waals surface area contributed by atoms with Gasteiger partial charge in [-0.25, -0.2) is 14.6 Å². The number of pyridine rings is 1. The molecule has 138 valence electrons. The molecule has 1 N–H and O–H groups in total. The van der Waals surface area contributed by atoms with E-state index in [1.54, 1.807) is 18.2 Å². The second kappa shape index (κ2) is 8.94. The Labute approximate surface area is 151 Å². The number of fused-ring (bicyclic) bond motifs is 1. The lowest BCUT2D eigenvalue weighted by atomic mass is 10.0. The fraction of sp³-hybridized carbons (Fsp3) is 0.368. The molecular weight excluding hydrogens is 336 g/mol. The zero-order chi connectivity index (χ0) is 19.1. The zero-order valence-corrected chi connectivity index (χ0v) is 15.0. The Bertz CT molecular complexity index is 803. The SMILES string of the molecule is COC(=O)[C@H](CC(C)C)NC(=O)COC(=O)c1ccc2ccccc2n1. The van der Waals surface area contributed by atoms with E-state index in [0.29, 0.717) is 11.9 Å². The fourth-order valence-corrected chi connectivity index (χ4v) is 2.45. The molecule has 0 aliphatic rings. The van der Waals surface area contributed by atoms with E-state index in [0.717, 1.165) is 5.39 Å². The third-order valence-corrected chi connectivity index (χ3v) is 3.67. The molecule has 7 nitrogen and oxygen atoms in total. The van der Waals surface area contributed by atoms with Gasteiger partial charge in [0.1, 0.15) is 11.7 Å². The van der Waals surface area contributed by atoms with Gasteiger partial charge in [-0.1, -0.05) is 38.1 Å². The van der Waals surface area contributed by atoms with Crippen LogP contribution in [0.5, 0.6) is 0 Å². The Kier molecular flexibility index (Phi) is 6.66. The first kappa shape index (κ1) is 19.4. The fourth-order valence-electron chi connectivity index (χ4n) is 2.45. The lowest BCUT2D eigenvalue weighted by Gasteiger charge is -2.18. The third-order valence-electron chi connectivity index (χ3n) is 3.67. The number of hydrogen-bond acceptors (Lipinski definition) is 6. The maximum Gasteiger partial charge on any atom is 0.357 e. The number of nitrogens with zero attached hydrogens (tertiary/aromatic N) is 1. The topological polar surface area (TPSA) is 94.6 Å². The second-order valence-electron chi connectivity index (χ2n) is 6.24. The summed E-state index contributed by atoms with van der Waals surface area (Å²) in [7, 11) is 1.26. The Morgan fingerprint density at radius 2 is 1.85 bits per heavy atom. The summed E-state index contributed by atoms with van der Waals surface area (Å²) in [6, 6.07) is 9.89. The largest absolute Gasteiger partial charge is 0.467 e. The second-order valence-corrected chi connectivity index (χ2v) is 6.24. The summed E-state index contributed by atoms with van der Waals surface area (Å²) in [6.45, 7) is 3.35. The van der Waals surface area contributed by atoms with Gasteiger partial charge in [-0.05, 0) is 24.5 Å². The molecule has 1 heterocycles. The van der Waals surface area contributed by atoms with E-state index in [9.17, 15) is 14.4 Å². The predicted octanol–water partition coefficient (Wildman–Crippen LogP) is 2.10. The standard InChI is InChI=1S/C19H22N2O5/c1-12(2)10-16(18(23)25-3)21-17(22)11-26-19(24)15-9-8-13-6-4-5-7-14(13)20-15/h4-9,12,16H,10-11H2,1-3H3,(H,21,22)/t16-/m0/s1. The highest BCUT2D eigenvalue weighted by molar-refractivity contribution is 5.93. The molecule has 1 aromatic carbocycles. The minimum atomic E-state index is -0.773. The molecule has 1 aromatic heterocycles. The molecule has 0 unspecified atom stereocenters. The summed E-state index contributed by atoms with van der Waals surface area (Å²) >= 11 is 0. The van der Waals surface area contributed by atoms with Crippen molar-refractivity contribution in [3.8, 4) is 0 Å². The smallest absolute Gasteiger partial charge is 0.357 e. The van der Waals surface area contributed by atoms with Gasteiger partial charge >= 0.3 is 11.9 Å². The molecule has 0 fully saturated rings. The molecule has 0 bridgehead atoms. The minimum absolute atomic E-state index is 0.114. The van der Waals surface area contributed by atoms with E-state index in [1.165, 1.54) is 7.11 Å². The van der Waals surface area contributed by atoms with E-state index in [2.05, 4.69) is 15.0 Å². The number of aromatic nitrogens is 1. The van der Waals surface area contributed by atoms with Crippen LogP contribution in [-0.4, -0.2) is 42.6 Å². The van der Waals surface area contributed by atoms with Crippen LogP contribution in [0.15, 0.2) is 36.4 Å². The van der Waals surface area contributed by atoms with E-state index in [-0.39, 0.29) is 11.6 Å². The van der Waals surface area contributed by atoms with Crippen molar-refractivity contribution in [1.29, 1.82) is 0 Å². The number of carbonyl (C=O) groups is 3. The van der Waals surface area contributed by atoms with Crippen molar-refractivity contribution in [2.45, 2.75) is 26.3 Å². The van der Waals surface area contributed by atoms with Crippen molar-refractivity contribution in [3.63, 3.8) is 0 Å². The van der Waals surface area contributed by atoms with Gasteiger partial charge in [0.05, 0.1) is 12.6 Å². The van der Waals surface area contributed by atoms with Gasteiger partial charge < -0.3 is 14.8 Å². The number of para-hydroxylation sites is 1. The molecule has 0 aliphatic heterocycles. The normalized spacial score (nSPS) is 11.8. The van der Waals surface area contributed by atoms with Crippen LogP contribution in [0.25, 0.3) is 10.9 Å². The molecule has 2 rings (SSSR count). The molecule has 1 atom stereocenters. The van der Waals surface area contributed by atoms with E-state index < -0.39 is 30.5 Å². The van der Waals surface area contributed by atoms with E-state index in [4.69, 9.17) is 4.74 Å². The highest BCUT2D eigenvalue weighted by Gasteiger charge is 2.23. The van der Waals surface area contributed by atoms with Crippen LogP contribution in [0.1, 0.15) is 30.8 Å². The van der Waals surface area contributed by atoms with Crippen molar-refractivity contribution in [2.75, 3.05) is 13.7 Å². The van der Waals surface area contributed by atoms with Crippen LogP contribution in [0.4, 0.5) is 0 Å². The Morgan fingerprint density at radius 3 is 2.54 bits per heavy atom. The average Bonchev–Trinajstić information content (AvgIpc) is 2.64. The summed E-state index contributed by atoms with van der Waals surface area (Å²) < 4.78 is 9.67. The number of esters is 2. The molecule has 26 heavy (non-hydrogen) atoms. The van der Waals surface area contributed by atoms with Gasteiger partial charge in [0, 0.05) is 5.39 Å². The highest BCUT2D eigenvalue weighted by Crippen LogP contribution is 2.12. The number of carbonyl (C=O) groups excluding carboxylic acids is 3. The van der Waals surface area contributed by atoms with Gasteiger partial charge in [-0.15, -0.1) is 0 Å². The molecule has 0 spiro atoms. The number of nitrogens with one attached hydrogen (secondary N) is 1. The molecule has 2 aromatic rings. The first-order valence-electron chi connectivity index (χ1n) is 8.30. The Balaban J connectivity index is 1.94. The summed E-state index contributed by atoms with van der Waals surface area (Å²) in [5, 5.41) is 3.42. The van der Waals surface area contributed by atoms with Crippen LogP contribution in [0.3, 0.4) is 0 Å². The number of amides is 1. The van der Waals surface area contributed by atoms with Crippen LogP contribution >= 0.6 is 0 Å². The maximum absolute atomic E-state index is 12.1. The van der Waals surface area contributed by atoms with E-state index >= 15 is 0 Å². The van der Waals surface area contributed by atoms with Gasteiger partial charge in [0.25, 0.3) is 5.91 Å². The maximum atomic E-state index is 12.1. The number of hydrogen-bond donors (Lipinski definition) is 1. The quantitative estimate of drug-likeness (QED) is 0.762. The predicted molar refractivity (Wildman–Crippen MR) is 95.4 cm³/mol. The van der Waals surface area contributed by atoms with Crippen molar-refractivity contribution in [3.05, 3.63) is 42.1 Å². The van der Waals surface area contributed by atoms with Crippen LogP contribution in [0, 0.1) is 5.92 Å². The minimum Gasteiger partial charge on any atom is -0.467 e. The number of ether oxygens (including phenoxy) is 2. The van der Waals surface area contributed by atoms with Gasteiger partial charge in [0.15, 0.2) is 6.61 Å². The lowest BCUT2D eigenvalue weighted by Crippen LogP contribution is -2.44. The molecule has 1 amide bonds. The van der Waals surface area contributed by atoms with Crippen LogP contribution in [0.2, 0.25) is 0 Å². The average molecular weight is 358 g/mol. The monoisotopic (exact) mass is 358 g/mol. The van der Waals surface area contributed by atoms with Gasteiger partial charge in [-0.2, -0.15) is 0 Å². The molecule has 0 saturated heterocycles. The summed E-state index contributed by atoms with van der Waals surface area (Å²) in [5.41, 5.74) is 0.775. The van der Waals surface area contributed by atoms with Gasteiger partial charge in [-0.3, -0.25) is 4.79 Å². The zero-order valence-electron chi connectivity index (χ0n) is 15.0. The number of methoxy groups -OCH3 is 1. The van der Waals surface area contributed by atoms with Crippen molar-refractivity contribution < 1.29 is 23.9 Å². The summed E-state index contributed by atoms with van der Waals surface area (Å²) in [5.74, 6) is -1.63. The summed E-state index contributed by atoms with van der Waals surface area (Å²) in [4.78, 5) is 40.0. The van der Waals surface area contributed by atoms with Crippen molar-refractivity contribution >= 4 is 28.7 Å². The van der Waals surface area contributed by atoms with Gasteiger partial charge in [0.2, 0.25) is 0 Å². The Morgan fingerprint density at radius 1 is 1.12 bits per heavy atom. The Hall–Kier alpha value is -2.96. The number of rotatable bonds is 7. The van der Waals surface area contributed by atoms with Crippen molar-refractivity contribution in [2.24, 2.45) is 5.92 Å². The summed E-state index contributed by atoms with van der Waals surface area (Å²) in [6.07, 6.45) is 0.429. The lowest BCUT2D eigenvalue weighted by molar-refractivity contribution is -0.145. The molecule has 0 radical (unpaired) electrons. The first-order valence-corrected chi connectivity index (χ1v) is 8.30. The molecule has 0 saturated carbocycles. The molecular formula is C19H22N2O5.